The first-order valence-corrected chi connectivity index (χ1v) is 7.71. The predicted molar refractivity (Wildman–Crippen MR) is 71.4 cm³/mol. The summed E-state index contributed by atoms with van der Waals surface area (Å²) in [6.07, 6.45) is 3.35. The second kappa shape index (κ2) is 4.50. The summed E-state index contributed by atoms with van der Waals surface area (Å²) in [5, 5.41) is 17.9. The first-order valence-electron chi connectivity index (χ1n) is 6.90. The van der Waals surface area contributed by atoms with Crippen LogP contribution in [-0.2, 0) is 4.74 Å². The minimum absolute atomic E-state index is 0.0732. The Bertz CT molecular complexity index is 588. The molecule has 6 nitrogen and oxygen atoms in total. The monoisotopic (exact) mass is 279 g/mol. The second-order valence-corrected chi connectivity index (χ2v) is 6.32. The van der Waals surface area contributed by atoms with Crippen LogP contribution in [0.15, 0.2) is 0 Å². The van der Waals surface area contributed by atoms with E-state index in [1.54, 1.807) is 11.3 Å². The minimum atomic E-state index is 0.0732. The van der Waals surface area contributed by atoms with Crippen LogP contribution in [0.25, 0.3) is 4.96 Å². The van der Waals surface area contributed by atoms with Gasteiger partial charge in [-0.25, -0.2) is 0 Å². The third-order valence-corrected chi connectivity index (χ3v) is 5.12. The van der Waals surface area contributed by atoms with Crippen molar-refractivity contribution in [1.82, 2.24) is 25.1 Å². The van der Waals surface area contributed by atoms with Gasteiger partial charge in [-0.2, -0.15) is 9.61 Å². The zero-order valence-electron chi connectivity index (χ0n) is 10.9. The van der Waals surface area contributed by atoms with E-state index in [9.17, 15) is 0 Å². The Hall–Kier alpha value is -1.05. The van der Waals surface area contributed by atoms with E-state index in [4.69, 9.17) is 9.84 Å². The van der Waals surface area contributed by atoms with Gasteiger partial charge in [0.2, 0.25) is 4.96 Å². The molecule has 2 aromatic heterocycles. The van der Waals surface area contributed by atoms with Crippen LogP contribution >= 0.6 is 11.3 Å². The lowest BCUT2D eigenvalue weighted by molar-refractivity contribution is 0.103. The maximum absolute atomic E-state index is 5.69. The van der Waals surface area contributed by atoms with Gasteiger partial charge in [0.1, 0.15) is 11.1 Å². The van der Waals surface area contributed by atoms with Crippen LogP contribution in [0.4, 0.5) is 0 Å². The number of aromatic nitrogens is 4. The van der Waals surface area contributed by atoms with Crippen molar-refractivity contribution in [2.75, 3.05) is 13.2 Å². The minimum Gasteiger partial charge on any atom is -0.370 e. The number of nitrogens with zero attached hydrogens (tertiary/aromatic N) is 4. The summed E-state index contributed by atoms with van der Waals surface area (Å²) < 4.78 is 7.58. The summed E-state index contributed by atoms with van der Waals surface area (Å²) in [4.78, 5) is 0.889. The fourth-order valence-electron chi connectivity index (χ4n) is 2.97. The van der Waals surface area contributed by atoms with Gasteiger partial charge in [0.05, 0.1) is 0 Å². The van der Waals surface area contributed by atoms with Crippen molar-refractivity contribution in [3.8, 4) is 0 Å². The molecule has 0 spiro atoms. The largest absolute Gasteiger partial charge is 0.370 e. The maximum Gasteiger partial charge on any atom is 0.234 e. The molecular weight excluding hydrogens is 262 g/mol. The fraction of sp³-hybridized carbons (Fsp3) is 0.750. The smallest absolute Gasteiger partial charge is 0.234 e. The van der Waals surface area contributed by atoms with E-state index in [-0.39, 0.29) is 6.10 Å². The van der Waals surface area contributed by atoms with Crippen molar-refractivity contribution >= 4 is 16.3 Å². The van der Waals surface area contributed by atoms with Crippen LogP contribution in [-0.4, -0.2) is 39.0 Å². The second-order valence-electron chi connectivity index (χ2n) is 5.33. The molecule has 1 N–H and O–H groups in total. The van der Waals surface area contributed by atoms with E-state index in [1.165, 1.54) is 5.01 Å². The molecule has 7 heteroatoms. The van der Waals surface area contributed by atoms with Crippen LogP contribution in [0.1, 0.15) is 49.0 Å². The Balaban J connectivity index is 1.71. The van der Waals surface area contributed by atoms with Crippen molar-refractivity contribution in [2.24, 2.45) is 0 Å². The fourth-order valence-corrected chi connectivity index (χ4v) is 4.06. The zero-order valence-corrected chi connectivity index (χ0v) is 11.7. The van der Waals surface area contributed by atoms with Crippen molar-refractivity contribution in [2.45, 2.75) is 44.2 Å². The van der Waals surface area contributed by atoms with Crippen LogP contribution in [0, 0.1) is 0 Å². The third-order valence-electron chi connectivity index (χ3n) is 4.09. The average molecular weight is 279 g/mol. The van der Waals surface area contributed by atoms with Crippen LogP contribution in [0.2, 0.25) is 0 Å². The standard InChI is InChI=1S/C12H17N5OS/c1-7-8(4-5-13-7)11-16-17-10(9-3-2-6-18-9)14-15-12(17)19-11/h7-9,13H,2-6H2,1H3. The Morgan fingerprint density at radius 1 is 1.37 bits per heavy atom. The van der Waals surface area contributed by atoms with Crippen molar-refractivity contribution < 1.29 is 4.74 Å². The molecule has 0 bridgehead atoms. The molecule has 2 aliphatic heterocycles. The van der Waals surface area contributed by atoms with E-state index in [0.29, 0.717) is 12.0 Å². The summed E-state index contributed by atoms with van der Waals surface area (Å²) >= 11 is 1.66. The van der Waals surface area contributed by atoms with Crippen LogP contribution in [0.3, 0.4) is 0 Å². The Kier molecular flexibility index (Phi) is 2.78. The van der Waals surface area contributed by atoms with Gasteiger partial charge in [-0.3, -0.25) is 0 Å². The van der Waals surface area contributed by atoms with E-state index < -0.39 is 0 Å². The van der Waals surface area contributed by atoms with Gasteiger partial charge < -0.3 is 10.1 Å². The molecule has 4 rings (SSSR count). The molecule has 0 amide bonds. The molecule has 0 radical (unpaired) electrons. The quantitative estimate of drug-likeness (QED) is 0.902. The van der Waals surface area contributed by atoms with Gasteiger partial charge in [0.25, 0.3) is 0 Å². The maximum atomic E-state index is 5.69. The molecule has 2 saturated heterocycles. The summed E-state index contributed by atoms with van der Waals surface area (Å²) in [5.74, 6) is 1.37. The summed E-state index contributed by atoms with van der Waals surface area (Å²) in [7, 11) is 0. The zero-order chi connectivity index (χ0) is 12.8. The number of hydrogen-bond acceptors (Lipinski definition) is 6. The van der Waals surface area contributed by atoms with E-state index in [2.05, 4.69) is 22.4 Å². The average Bonchev–Trinajstić information content (AvgIpc) is 3.10. The molecule has 2 aromatic rings. The Morgan fingerprint density at radius 3 is 3.05 bits per heavy atom. The lowest BCUT2D eigenvalue weighted by Crippen LogP contribution is -2.21. The van der Waals surface area contributed by atoms with Crippen LogP contribution in [0.5, 0.6) is 0 Å². The van der Waals surface area contributed by atoms with Crippen molar-refractivity contribution in [1.29, 1.82) is 0 Å². The van der Waals surface area contributed by atoms with Crippen LogP contribution < -0.4 is 5.32 Å². The number of fused-ring (bicyclic) bond motifs is 1. The van der Waals surface area contributed by atoms with Gasteiger partial charge in [0, 0.05) is 18.6 Å². The highest BCUT2D eigenvalue weighted by atomic mass is 32.1. The molecule has 19 heavy (non-hydrogen) atoms. The summed E-state index contributed by atoms with van der Waals surface area (Å²) in [6, 6.07) is 0.495. The van der Waals surface area contributed by atoms with Gasteiger partial charge in [0.15, 0.2) is 5.82 Å². The molecule has 2 aliphatic rings. The summed E-state index contributed by atoms with van der Waals surface area (Å²) in [5.41, 5.74) is 0. The Morgan fingerprint density at radius 2 is 2.32 bits per heavy atom. The lowest BCUT2D eigenvalue weighted by Gasteiger charge is -2.10. The molecule has 4 heterocycles. The molecule has 3 atom stereocenters. The van der Waals surface area contributed by atoms with Crippen molar-refractivity contribution in [3.05, 3.63) is 10.8 Å². The lowest BCUT2D eigenvalue weighted by atomic mass is 10.0. The molecule has 0 aromatic carbocycles. The topological polar surface area (TPSA) is 64.3 Å². The highest BCUT2D eigenvalue weighted by Crippen LogP contribution is 2.33. The summed E-state index contributed by atoms with van der Waals surface area (Å²) in [6.45, 7) is 4.12. The SMILES string of the molecule is CC1NCCC1c1nn2c(C3CCCO3)nnc2s1. The number of rotatable bonds is 2. The van der Waals surface area contributed by atoms with Gasteiger partial charge in [-0.1, -0.05) is 11.3 Å². The first kappa shape index (κ1) is 11.7. The highest BCUT2D eigenvalue weighted by molar-refractivity contribution is 7.16. The highest BCUT2D eigenvalue weighted by Gasteiger charge is 2.30. The normalized spacial score (nSPS) is 31.5. The molecule has 102 valence electrons. The Labute approximate surface area is 115 Å². The van der Waals surface area contributed by atoms with E-state index >= 15 is 0 Å². The van der Waals surface area contributed by atoms with Gasteiger partial charge in [-0.05, 0) is 32.7 Å². The first-order chi connectivity index (χ1) is 9.33. The third kappa shape index (κ3) is 1.87. The molecule has 0 saturated carbocycles. The van der Waals surface area contributed by atoms with Crippen molar-refractivity contribution in [3.63, 3.8) is 0 Å². The van der Waals surface area contributed by atoms with E-state index in [1.807, 2.05) is 4.52 Å². The molecule has 0 aliphatic carbocycles. The predicted octanol–water partition coefficient (Wildman–Crippen LogP) is 1.50. The number of nitrogens with one attached hydrogen (secondary N) is 1. The number of hydrogen-bond donors (Lipinski definition) is 1. The molecule has 3 unspecified atom stereocenters. The van der Waals surface area contributed by atoms with Gasteiger partial charge >= 0.3 is 0 Å². The molecule has 2 fully saturated rings. The molecular formula is C12H17N5OS. The van der Waals surface area contributed by atoms with Gasteiger partial charge in [-0.15, -0.1) is 10.2 Å². The van der Waals surface area contributed by atoms with E-state index in [0.717, 1.165) is 43.2 Å². The number of ether oxygens (including phenoxy) is 1.